The topological polar surface area (TPSA) is 72.5 Å². The molecule has 3 aliphatic heterocycles. The summed E-state index contributed by atoms with van der Waals surface area (Å²) in [4.78, 5) is 0. The lowest BCUT2D eigenvalue weighted by Gasteiger charge is -2.31. The molecule has 0 aromatic heterocycles. The van der Waals surface area contributed by atoms with Crippen molar-refractivity contribution in [1.29, 1.82) is 0 Å². The first kappa shape index (κ1) is 23.2. The van der Waals surface area contributed by atoms with Crippen LogP contribution in [0.15, 0.2) is 60.7 Å². The second kappa shape index (κ2) is 8.58. The summed E-state index contributed by atoms with van der Waals surface area (Å²) >= 11 is 0. The molecular formula is C25H31O7P. The zero-order valence-electron chi connectivity index (χ0n) is 19.4. The predicted octanol–water partition coefficient (Wildman–Crippen LogP) is 4.20. The molecule has 6 atom stereocenters. The molecule has 0 spiro atoms. The minimum Gasteiger partial charge on any atom is -0.348 e. The van der Waals surface area contributed by atoms with Gasteiger partial charge in [0, 0.05) is 5.30 Å². The Labute approximate surface area is 194 Å². The quantitative estimate of drug-likeness (QED) is 0.581. The fourth-order valence-corrected chi connectivity index (χ4v) is 7.00. The molecule has 5 rings (SSSR count). The highest BCUT2D eigenvalue weighted by molar-refractivity contribution is 7.66. The van der Waals surface area contributed by atoms with E-state index in [1.54, 1.807) is 0 Å². The van der Waals surface area contributed by atoms with Gasteiger partial charge in [0.1, 0.15) is 24.4 Å². The van der Waals surface area contributed by atoms with Crippen LogP contribution in [0.1, 0.15) is 33.3 Å². The minimum atomic E-state index is -3.36. The molecular weight excluding hydrogens is 443 g/mol. The smallest absolute Gasteiger partial charge is 0.236 e. The van der Waals surface area contributed by atoms with E-state index in [9.17, 15) is 4.57 Å². The Bertz CT molecular complexity index is 1010. The van der Waals surface area contributed by atoms with Crippen molar-refractivity contribution in [1.82, 2.24) is 0 Å². The van der Waals surface area contributed by atoms with E-state index in [1.807, 2.05) is 88.4 Å². The Kier molecular flexibility index (Phi) is 6.03. The van der Waals surface area contributed by atoms with Crippen LogP contribution < -0.4 is 5.30 Å². The summed E-state index contributed by atoms with van der Waals surface area (Å²) in [6.07, 6.45) is -2.52. The molecule has 2 aromatic rings. The fourth-order valence-electron chi connectivity index (χ4n) is 4.67. The van der Waals surface area contributed by atoms with Crippen molar-refractivity contribution >= 4 is 12.7 Å². The molecule has 1 unspecified atom stereocenters. The molecule has 0 aliphatic carbocycles. The van der Waals surface area contributed by atoms with Gasteiger partial charge in [-0.15, -0.1) is 0 Å². The van der Waals surface area contributed by atoms with Gasteiger partial charge in [-0.2, -0.15) is 0 Å². The van der Waals surface area contributed by atoms with Gasteiger partial charge in [0.15, 0.2) is 17.9 Å². The summed E-state index contributed by atoms with van der Waals surface area (Å²) in [5.41, 5.74) is 0.933. The van der Waals surface area contributed by atoms with E-state index in [-0.39, 0.29) is 6.16 Å². The number of hydrogen-bond acceptors (Lipinski definition) is 7. The summed E-state index contributed by atoms with van der Waals surface area (Å²) < 4.78 is 51.4. The van der Waals surface area contributed by atoms with Crippen molar-refractivity contribution in [2.75, 3.05) is 6.61 Å². The molecule has 2 aromatic carbocycles. The number of ether oxygens (including phenoxy) is 5. The van der Waals surface area contributed by atoms with E-state index in [0.29, 0.717) is 11.9 Å². The highest BCUT2D eigenvalue weighted by Gasteiger charge is 2.60. The maximum absolute atomic E-state index is 14.5. The second-order valence-electron chi connectivity index (χ2n) is 9.66. The van der Waals surface area contributed by atoms with Gasteiger partial charge < -0.3 is 28.2 Å². The first-order valence-corrected chi connectivity index (χ1v) is 13.2. The van der Waals surface area contributed by atoms with Gasteiger partial charge in [-0.1, -0.05) is 48.5 Å². The van der Waals surface area contributed by atoms with E-state index in [4.69, 9.17) is 28.2 Å². The van der Waals surface area contributed by atoms with E-state index in [1.165, 1.54) is 0 Å². The Balaban J connectivity index is 1.49. The number of benzene rings is 2. The molecule has 0 amide bonds. The van der Waals surface area contributed by atoms with Gasteiger partial charge in [0.2, 0.25) is 7.37 Å². The third-order valence-corrected chi connectivity index (χ3v) is 8.55. The molecule has 3 fully saturated rings. The molecule has 0 saturated carbocycles. The minimum absolute atomic E-state index is 0.260. The second-order valence-corrected chi connectivity index (χ2v) is 12.0. The summed E-state index contributed by atoms with van der Waals surface area (Å²) in [6, 6.07) is 19.1. The van der Waals surface area contributed by atoms with Crippen LogP contribution in [0.3, 0.4) is 0 Å². The van der Waals surface area contributed by atoms with Crippen molar-refractivity contribution in [3.8, 4) is 0 Å². The van der Waals surface area contributed by atoms with Gasteiger partial charge in [-0.05, 0) is 45.4 Å². The Morgan fingerprint density at radius 2 is 1.55 bits per heavy atom. The summed E-state index contributed by atoms with van der Waals surface area (Å²) in [5.74, 6) is -1.56. The molecule has 3 aliphatic rings. The van der Waals surface area contributed by atoms with Crippen LogP contribution in [0.4, 0.5) is 0 Å². The highest BCUT2D eigenvalue weighted by atomic mass is 31.2. The van der Waals surface area contributed by atoms with E-state index in [0.717, 1.165) is 5.56 Å². The monoisotopic (exact) mass is 474 g/mol. The summed E-state index contributed by atoms with van der Waals surface area (Å²) in [7, 11) is -3.36. The third kappa shape index (κ3) is 4.82. The van der Waals surface area contributed by atoms with Crippen molar-refractivity contribution in [2.45, 2.75) is 76.1 Å². The maximum Gasteiger partial charge on any atom is 0.236 e. The summed E-state index contributed by atoms with van der Waals surface area (Å²) in [5, 5.41) is 0.651. The largest absolute Gasteiger partial charge is 0.348 e. The van der Waals surface area contributed by atoms with Gasteiger partial charge in [-0.3, -0.25) is 4.57 Å². The molecule has 7 nitrogen and oxygen atoms in total. The Morgan fingerprint density at radius 3 is 2.18 bits per heavy atom. The van der Waals surface area contributed by atoms with Gasteiger partial charge >= 0.3 is 0 Å². The van der Waals surface area contributed by atoms with Crippen molar-refractivity contribution < 1.29 is 32.8 Å². The van der Waals surface area contributed by atoms with E-state index < -0.39 is 49.6 Å². The lowest BCUT2D eigenvalue weighted by molar-refractivity contribution is -0.230. The van der Waals surface area contributed by atoms with Crippen LogP contribution in [0.2, 0.25) is 0 Å². The first-order valence-electron chi connectivity index (χ1n) is 11.3. The highest BCUT2D eigenvalue weighted by Crippen LogP contribution is 2.54. The van der Waals surface area contributed by atoms with E-state index in [2.05, 4.69) is 0 Å². The zero-order valence-corrected chi connectivity index (χ0v) is 20.3. The maximum atomic E-state index is 14.5. The number of rotatable bonds is 6. The zero-order chi connectivity index (χ0) is 23.3. The lowest BCUT2D eigenvalue weighted by atomic mass is 10.1. The molecule has 178 valence electrons. The SMILES string of the molecule is CC1(C)O[C@H]2O[C@H]([C@H]3COC(C)(C)O3)[C@H](OP(=O)(Cc3ccccc3)c3ccccc3)[C@H]2O1. The van der Waals surface area contributed by atoms with Crippen LogP contribution in [0.5, 0.6) is 0 Å². The van der Waals surface area contributed by atoms with Crippen LogP contribution in [0.25, 0.3) is 0 Å². The Morgan fingerprint density at radius 1 is 0.879 bits per heavy atom. The molecule has 0 radical (unpaired) electrons. The van der Waals surface area contributed by atoms with Crippen LogP contribution in [-0.2, 0) is 38.9 Å². The summed E-state index contributed by atoms with van der Waals surface area (Å²) in [6.45, 7) is 7.73. The molecule has 3 saturated heterocycles. The predicted molar refractivity (Wildman–Crippen MR) is 122 cm³/mol. The van der Waals surface area contributed by atoms with Gasteiger partial charge in [-0.25, -0.2) is 0 Å². The third-order valence-electron chi connectivity index (χ3n) is 6.10. The number of fused-ring (bicyclic) bond motifs is 1. The normalized spacial score (nSPS) is 34.1. The average molecular weight is 474 g/mol. The molecule has 0 N–H and O–H groups in total. The van der Waals surface area contributed by atoms with Crippen molar-refractivity contribution in [3.63, 3.8) is 0 Å². The fraction of sp³-hybridized carbons (Fsp3) is 0.520. The molecule has 3 heterocycles. The average Bonchev–Trinajstić information content (AvgIpc) is 3.39. The van der Waals surface area contributed by atoms with Gasteiger partial charge in [0.25, 0.3) is 0 Å². The van der Waals surface area contributed by atoms with Crippen LogP contribution in [-0.4, -0.2) is 48.9 Å². The molecule has 8 heteroatoms. The van der Waals surface area contributed by atoms with E-state index >= 15 is 0 Å². The van der Waals surface area contributed by atoms with Crippen LogP contribution >= 0.6 is 7.37 Å². The molecule has 33 heavy (non-hydrogen) atoms. The van der Waals surface area contributed by atoms with Crippen molar-refractivity contribution in [2.24, 2.45) is 0 Å². The standard InChI is InChI=1S/C25H31O7P/c1-24(2)27-15-19(29-24)20-21(22-23(28-20)31-25(3,4)30-22)32-33(26,18-13-9-6-10-14-18)16-17-11-7-5-8-12-17/h5-14,19-23H,15-16H2,1-4H3/t19-,20-,21+,22-,23-,33?/m1/s1. The molecule has 0 bridgehead atoms. The van der Waals surface area contributed by atoms with Crippen molar-refractivity contribution in [3.05, 3.63) is 66.2 Å². The van der Waals surface area contributed by atoms with Gasteiger partial charge in [0.05, 0.1) is 12.8 Å². The first-order chi connectivity index (χ1) is 15.6. The lowest BCUT2D eigenvalue weighted by Crippen LogP contribution is -2.44. The van der Waals surface area contributed by atoms with Crippen LogP contribution in [0, 0.1) is 0 Å². The number of hydrogen-bond donors (Lipinski definition) is 0. The Hall–Kier alpha value is -1.57.